The number of ether oxygens (including phenoxy) is 1. The van der Waals surface area contributed by atoms with E-state index in [1.807, 2.05) is 32.0 Å². The summed E-state index contributed by atoms with van der Waals surface area (Å²) in [5.74, 6) is -0.135. The van der Waals surface area contributed by atoms with Crippen molar-refractivity contribution in [1.82, 2.24) is 4.98 Å². The predicted molar refractivity (Wildman–Crippen MR) is 92.9 cm³/mol. The van der Waals surface area contributed by atoms with E-state index >= 15 is 0 Å². The minimum absolute atomic E-state index is 0.0181. The standard InChI is InChI=1S/C20H18FNO2/c1-12(2)19(23)15-9-10-18(22-20(15)24-3)14-8-7-13-5-4-6-17(21)16(13)11-14/h4-12H,1-3H3. The molecule has 3 nitrogen and oxygen atoms in total. The van der Waals surface area contributed by atoms with Gasteiger partial charge in [0.05, 0.1) is 18.4 Å². The maximum Gasteiger partial charge on any atom is 0.224 e. The van der Waals surface area contributed by atoms with Gasteiger partial charge in [-0.1, -0.05) is 38.1 Å². The van der Waals surface area contributed by atoms with E-state index in [9.17, 15) is 9.18 Å². The minimum Gasteiger partial charge on any atom is -0.480 e. The van der Waals surface area contributed by atoms with E-state index < -0.39 is 0 Å². The summed E-state index contributed by atoms with van der Waals surface area (Å²) in [7, 11) is 1.49. The molecule has 0 N–H and O–H groups in total. The molecule has 3 aromatic rings. The number of hydrogen-bond acceptors (Lipinski definition) is 3. The van der Waals surface area contributed by atoms with Gasteiger partial charge in [-0.2, -0.15) is 0 Å². The van der Waals surface area contributed by atoms with Gasteiger partial charge in [-0.25, -0.2) is 9.37 Å². The largest absolute Gasteiger partial charge is 0.480 e. The lowest BCUT2D eigenvalue weighted by Crippen LogP contribution is -2.10. The average molecular weight is 323 g/mol. The molecule has 0 aliphatic carbocycles. The van der Waals surface area contributed by atoms with Crippen molar-refractivity contribution in [3.8, 4) is 17.1 Å². The fourth-order valence-electron chi connectivity index (χ4n) is 2.65. The zero-order valence-corrected chi connectivity index (χ0v) is 13.8. The second kappa shape index (κ2) is 6.40. The Hall–Kier alpha value is -2.75. The first kappa shape index (κ1) is 16.1. The number of nitrogens with zero attached hydrogens (tertiary/aromatic N) is 1. The van der Waals surface area contributed by atoms with Crippen LogP contribution in [-0.2, 0) is 0 Å². The third kappa shape index (κ3) is 2.87. The first-order valence-electron chi connectivity index (χ1n) is 7.79. The molecule has 0 atom stereocenters. The van der Waals surface area contributed by atoms with Crippen molar-refractivity contribution in [3.05, 3.63) is 59.9 Å². The number of Topliss-reactive ketones (excluding diaryl/α,β-unsaturated/α-hetero) is 1. The Bertz CT molecular complexity index is 919. The van der Waals surface area contributed by atoms with Crippen LogP contribution in [0.2, 0.25) is 0 Å². The molecule has 24 heavy (non-hydrogen) atoms. The third-order valence-electron chi connectivity index (χ3n) is 3.97. The molecular formula is C20H18FNO2. The van der Waals surface area contributed by atoms with E-state index in [-0.39, 0.29) is 17.5 Å². The number of pyridine rings is 1. The van der Waals surface area contributed by atoms with Crippen LogP contribution in [0.1, 0.15) is 24.2 Å². The molecule has 0 saturated heterocycles. The quantitative estimate of drug-likeness (QED) is 0.642. The van der Waals surface area contributed by atoms with E-state index in [0.717, 1.165) is 10.9 Å². The summed E-state index contributed by atoms with van der Waals surface area (Å²) in [6, 6.07) is 14.0. The van der Waals surface area contributed by atoms with Crippen molar-refractivity contribution in [2.75, 3.05) is 7.11 Å². The highest BCUT2D eigenvalue weighted by Crippen LogP contribution is 2.28. The number of halogens is 1. The van der Waals surface area contributed by atoms with Crippen LogP contribution in [0.5, 0.6) is 5.88 Å². The normalized spacial score (nSPS) is 11.0. The van der Waals surface area contributed by atoms with Crippen molar-refractivity contribution in [3.63, 3.8) is 0 Å². The number of methoxy groups -OCH3 is 1. The smallest absolute Gasteiger partial charge is 0.224 e. The summed E-state index contributed by atoms with van der Waals surface area (Å²) in [5, 5.41) is 1.37. The SMILES string of the molecule is COc1nc(-c2ccc3cccc(F)c3c2)ccc1C(=O)C(C)C. The van der Waals surface area contributed by atoms with E-state index in [1.165, 1.54) is 13.2 Å². The Morgan fingerprint density at radius 2 is 1.92 bits per heavy atom. The number of hydrogen-bond donors (Lipinski definition) is 0. The Balaban J connectivity index is 2.10. The van der Waals surface area contributed by atoms with Crippen LogP contribution in [0.4, 0.5) is 4.39 Å². The van der Waals surface area contributed by atoms with Gasteiger partial charge in [-0.15, -0.1) is 0 Å². The summed E-state index contributed by atoms with van der Waals surface area (Å²) >= 11 is 0. The molecule has 2 aromatic carbocycles. The highest BCUT2D eigenvalue weighted by molar-refractivity contribution is 5.99. The Morgan fingerprint density at radius 3 is 2.62 bits per heavy atom. The van der Waals surface area contributed by atoms with Crippen LogP contribution < -0.4 is 4.74 Å². The predicted octanol–water partition coefficient (Wildman–Crippen LogP) is 4.89. The molecule has 0 fully saturated rings. The van der Waals surface area contributed by atoms with Crippen molar-refractivity contribution in [2.45, 2.75) is 13.8 Å². The molecule has 0 unspecified atom stereocenters. The molecular weight excluding hydrogens is 305 g/mol. The number of carbonyl (C=O) groups is 1. The van der Waals surface area contributed by atoms with Crippen molar-refractivity contribution < 1.29 is 13.9 Å². The lowest BCUT2D eigenvalue weighted by molar-refractivity contribution is 0.0935. The van der Waals surface area contributed by atoms with Gasteiger partial charge in [0, 0.05) is 16.9 Å². The van der Waals surface area contributed by atoms with Crippen LogP contribution in [0.15, 0.2) is 48.5 Å². The molecule has 0 aliphatic heterocycles. The number of rotatable bonds is 4. The van der Waals surface area contributed by atoms with Gasteiger partial charge < -0.3 is 4.74 Å². The molecule has 4 heteroatoms. The van der Waals surface area contributed by atoms with Gasteiger partial charge in [-0.05, 0) is 29.7 Å². The lowest BCUT2D eigenvalue weighted by atomic mass is 10.00. The lowest BCUT2D eigenvalue weighted by Gasteiger charge is -2.11. The van der Waals surface area contributed by atoms with E-state index in [4.69, 9.17) is 4.74 Å². The van der Waals surface area contributed by atoms with Crippen molar-refractivity contribution in [2.24, 2.45) is 5.92 Å². The van der Waals surface area contributed by atoms with Crippen molar-refractivity contribution >= 4 is 16.6 Å². The topological polar surface area (TPSA) is 39.2 Å². The second-order valence-electron chi connectivity index (χ2n) is 5.95. The maximum absolute atomic E-state index is 14.0. The van der Waals surface area contributed by atoms with Gasteiger partial charge in [0.1, 0.15) is 5.82 Å². The summed E-state index contributed by atoms with van der Waals surface area (Å²) in [6.45, 7) is 3.67. The van der Waals surface area contributed by atoms with Gasteiger partial charge in [0.15, 0.2) is 5.78 Å². The van der Waals surface area contributed by atoms with E-state index in [2.05, 4.69) is 4.98 Å². The first-order chi connectivity index (χ1) is 11.5. The molecule has 122 valence electrons. The molecule has 0 bridgehead atoms. The van der Waals surface area contributed by atoms with Crippen LogP contribution in [0, 0.1) is 11.7 Å². The highest BCUT2D eigenvalue weighted by atomic mass is 19.1. The molecule has 1 aromatic heterocycles. The molecule has 0 saturated carbocycles. The van der Waals surface area contributed by atoms with Gasteiger partial charge >= 0.3 is 0 Å². The number of carbonyl (C=O) groups excluding carboxylic acids is 1. The summed E-state index contributed by atoms with van der Waals surface area (Å²) in [5.41, 5.74) is 1.87. The zero-order valence-electron chi connectivity index (χ0n) is 13.8. The molecule has 0 amide bonds. The summed E-state index contributed by atoms with van der Waals surface area (Å²) in [4.78, 5) is 16.7. The Labute approximate surface area is 140 Å². The minimum atomic E-state index is -0.270. The molecule has 1 heterocycles. The monoisotopic (exact) mass is 323 g/mol. The van der Waals surface area contributed by atoms with Crippen LogP contribution in [0.3, 0.4) is 0 Å². The molecule has 0 aliphatic rings. The van der Waals surface area contributed by atoms with Gasteiger partial charge in [-0.3, -0.25) is 4.79 Å². The highest BCUT2D eigenvalue weighted by Gasteiger charge is 2.18. The number of fused-ring (bicyclic) bond motifs is 1. The Morgan fingerprint density at radius 1 is 1.12 bits per heavy atom. The number of benzene rings is 2. The maximum atomic E-state index is 14.0. The average Bonchev–Trinajstić information content (AvgIpc) is 2.60. The molecule has 0 radical (unpaired) electrons. The van der Waals surface area contributed by atoms with Gasteiger partial charge in [0.2, 0.25) is 5.88 Å². The summed E-state index contributed by atoms with van der Waals surface area (Å²) in [6.07, 6.45) is 0. The fraction of sp³-hybridized carbons (Fsp3) is 0.200. The molecule has 3 rings (SSSR count). The second-order valence-corrected chi connectivity index (χ2v) is 5.95. The Kier molecular flexibility index (Phi) is 4.30. The fourth-order valence-corrected chi connectivity index (χ4v) is 2.65. The van der Waals surface area contributed by atoms with Crippen molar-refractivity contribution in [1.29, 1.82) is 0 Å². The zero-order chi connectivity index (χ0) is 17.3. The molecule has 0 spiro atoms. The van der Waals surface area contributed by atoms with Crippen LogP contribution >= 0.6 is 0 Å². The third-order valence-corrected chi connectivity index (χ3v) is 3.97. The summed E-state index contributed by atoms with van der Waals surface area (Å²) < 4.78 is 19.3. The van der Waals surface area contributed by atoms with Crippen LogP contribution in [-0.4, -0.2) is 17.9 Å². The number of aromatic nitrogens is 1. The van der Waals surface area contributed by atoms with E-state index in [0.29, 0.717) is 22.5 Å². The van der Waals surface area contributed by atoms with E-state index in [1.54, 1.807) is 24.3 Å². The number of ketones is 1. The first-order valence-corrected chi connectivity index (χ1v) is 7.79. The van der Waals surface area contributed by atoms with Crippen LogP contribution in [0.25, 0.3) is 22.0 Å². The van der Waals surface area contributed by atoms with Gasteiger partial charge in [0.25, 0.3) is 0 Å².